The number of ether oxygens (including phenoxy) is 2. The van der Waals surface area contributed by atoms with Crippen LogP contribution in [0, 0.1) is 11.8 Å². The monoisotopic (exact) mass is 244 g/mol. The van der Waals surface area contributed by atoms with Gasteiger partial charge in [0.05, 0.1) is 5.92 Å². The van der Waals surface area contributed by atoms with E-state index in [1.807, 2.05) is 24.3 Å². The fourth-order valence-corrected chi connectivity index (χ4v) is 3.77. The van der Waals surface area contributed by atoms with Gasteiger partial charge < -0.3 is 9.47 Å². The summed E-state index contributed by atoms with van der Waals surface area (Å²) in [4.78, 5) is 12.2. The molecule has 1 aromatic carbocycles. The van der Waals surface area contributed by atoms with Gasteiger partial charge in [0.2, 0.25) is 0 Å². The van der Waals surface area contributed by atoms with Crippen LogP contribution in [0.1, 0.15) is 32.1 Å². The van der Waals surface area contributed by atoms with Crippen molar-refractivity contribution in [2.45, 2.75) is 37.9 Å². The minimum atomic E-state index is -0.683. The second-order valence-corrected chi connectivity index (χ2v) is 5.56. The number of hydrogen-bond donors (Lipinski definition) is 0. The summed E-state index contributed by atoms with van der Waals surface area (Å²) in [6.07, 6.45) is 4.73. The van der Waals surface area contributed by atoms with Gasteiger partial charge in [-0.1, -0.05) is 18.6 Å². The highest BCUT2D eigenvalue weighted by molar-refractivity contribution is 5.83. The van der Waals surface area contributed by atoms with Gasteiger partial charge in [0.25, 0.3) is 5.79 Å². The van der Waals surface area contributed by atoms with Gasteiger partial charge in [0.15, 0.2) is 11.5 Å². The zero-order valence-corrected chi connectivity index (χ0v) is 10.2. The Balaban J connectivity index is 1.78. The van der Waals surface area contributed by atoms with E-state index in [4.69, 9.17) is 9.47 Å². The van der Waals surface area contributed by atoms with Crippen molar-refractivity contribution in [2.75, 3.05) is 0 Å². The van der Waals surface area contributed by atoms with Crippen molar-refractivity contribution in [3.05, 3.63) is 24.3 Å². The van der Waals surface area contributed by atoms with Gasteiger partial charge >= 0.3 is 0 Å². The van der Waals surface area contributed by atoms with Crippen molar-refractivity contribution >= 4 is 5.78 Å². The summed E-state index contributed by atoms with van der Waals surface area (Å²) < 4.78 is 12.3. The van der Waals surface area contributed by atoms with E-state index in [0.29, 0.717) is 18.1 Å². The number of ketones is 1. The molecule has 3 nitrogen and oxygen atoms in total. The number of rotatable bonds is 0. The van der Waals surface area contributed by atoms with E-state index in [-0.39, 0.29) is 5.92 Å². The third-order valence-corrected chi connectivity index (χ3v) is 4.62. The SMILES string of the molecule is O=C1CCC2CCCC1C21Oc2ccccc2O1. The molecule has 2 bridgehead atoms. The first-order valence-electron chi connectivity index (χ1n) is 6.79. The zero-order valence-electron chi connectivity index (χ0n) is 10.2. The second kappa shape index (κ2) is 3.50. The second-order valence-electron chi connectivity index (χ2n) is 5.56. The van der Waals surface area contributed by atoms with Gasteiger partial charge in [-0.25, -0.2) is 0 Å². The maximum atomic E-state index is 12.2. The van der Waals surface area contributed by atoms with Crippen molar-refractivity contribution in [2.24, 2.45) is 11.8 Å². The van der Waals surface area contributed by atoms with Crippen molar-refractivity contribution < 1.29 is 14.3 Å². The number of carbonyl (C=O) groups excluding carboxylic acids is 1. The lowest BCUT2D eigenvalue weighted by atomic mass is 9.66. The summed E-state index contributed by atoms with van der Waals surface area (Å²) in [5.74, 6) is 1.52. The zero-order chi connectivity index (χ0) is 12.2. The molecule has 0 amide bonds. The Bertz CT molecular complexity index is 483. The van der Waals surface area contributed by atoms with E-state index in [9.17, 15) is 4.79 Å². The molecule has 2 unspecified atom stereocenters. The summed E-state index contributed by atoms with van der Waals surface area (Å²) in [6, 6.07) is 7.75. The first kappa shape index (κ1) is 10.4. The first-order chi connectivity index (χ1) is 8.79. The largest absolute Gasteiger partial charge is 0.447 e. The van der Waals surface area contributed by atoms with Crippen LogP contribution in [-0.4, -0.2) is 11.6 Å². The van der Waals surface area contributed by atoms with Crippen LogP contribution in [0.5, 0.6) is 11.5 Å². The van der Waals surface area contributed by atoms with Crippen molar-refractivity contribution in [3.8, 4) is 11.5 Å². The Hall–Kier alpha value is -1.51. The number of benzene rings is 1. The smallest absolute Gasteiger partial charge is 0.264 e. The molecule has 2 fully saturated rings. The van der Waals surface area contributed by atoms with E-state index >= 15 is 0 Å². The van der Waals surface area contributed by atoms with Crippen LogP contribution in [0.15, 0.2) is 24.3 Å². The topological polar surface area (TPSA) is 35.5 Å². The predicted molar refractivity (Wildman–Crippen MR) is 65.5 cm³/mol. The average Bonchev–Trinajstić information content (AvgIpc) is 2.73. The van der Waals surface area contributed by atoms with E-state index in [0.717, 1.165) is 37.2 Å². The maximum Gasteiger partial charge on any atom is 0.264 e. The number of Topliss-reactive ketones (excluding diaryl/α,β-unsaturated/α-hetero) is 1. The molecule has 1 aliphatic heterocycles. The Morgan fingerprint density at radius 1 is 1.06 bits per heavy atom. The molecule has 18 heavy (non-hydrogen) atoms. The predicted octanol–water partition coefficient (Wildman–Crippen LogP) is 2.93. The van der Waals surface area contributed by atoms with Crippen LogP contribution in [0.3, 0.4) is 0 Å². The molecule has 3 heteroatoms. The van der Waals surface area contributed by atoms with E-state index in [1.54, 1.807) is 0 Å². The molecule has 2 saturated carbocycles. The molecular formula is C15H16O3. The van der Waals surface area contributed by atoms with Crippen LogP contribution < -0.4 is 9.47 Å². The molecule has 3 aliphatic rings. The Morgan fingerprint density at radius 3 is 2.50 bits per heavy atom. The maximum absolute atomic E-state index is 12.2. The third-order valence-electron chi connectivity index (χ3n) is 4.62. The molecular weight excluding hydrogens is 228 g/mol. The lowest BCUT2D eigenvalue weighted by Crippen LogP contribution is -2.59. The fourth-order valence-electron chi connectivity index (χ4n) is 3.77. The number of fused-ring (bicyclic) bond motifs is 1. The average molecular weight is 244 g/mol. The molecule has 2 atom stereocenters. The normalized spacial score (nSPS) is 31.7. The van der Waals surface area contributed by atoms with Crippen LogP contribution in [0.4, 0.5) is 0 Å². The number of carbonyl (C=O) groups is 1. The molecule has 1 aromatic rings. The molecule has 2 aliphatic carbocycles. The fraction of sp³-hybridized carbons (Fsp3) is 0.533. The highest BCUT2D eigenvalue weighted by Gasteiger charge is 2.60. The van der Waals surface area contributed by atoms with Crippen LogP contribution in [-0.2, 0) is 4.79 Å². The minimum Gasteiger partial charge on any atom is -0.447 e. The molecule has 94 valence electrons. The summed E-state index contributed by atoms with van der Waals surface area (Å²) in [5, 5.41) is 0. The molecule has 1 heterocycles. The number of hydrogen-bond acceptors (Lipinski definition) is 3. The summed E-state index contributed by atoms with van der Waals surface area (Å²) in [6.45, 7) is 0. The summed E-state index contributed by atoms with van der Waals surface area (Å²) >= 11 is 0. The Labute approximate surface area is 106 Å². The van der Waals surface area contributed by atoms with Gasteiger partial charge in [-0.3, -0.25) is 4.79 Å². The number of para-hydroxylation sites is 2. The van der Waals surface area contributed by atoms with Crippen molar-refractivity contribution in [1.29, 1.82) is 0 Å². The minimum absolute atomic E-state index is 0.0719. The van der Waals surface area contributed by atoms with Gasteiger partial charge in [-0.05, 0) is 31.4 Å². The van der Waals surface area contributed by atoms with Gasteiger partial charge in [0, 0.05) is 12.3 Å². The lowest BCUT2D eigenvalue weighted by Gasteiger charge is -2.47. The third kappa shape index (κ3) is 1.22. The van der Waals surface area contributed by atoms with Gasteiger partial charge in [-0.15, -0.1) is 0 Å². The van der Waals surface area contributed by atoms with Crippen LogP contribution in [0.25, 0.3) is 0 Å². The highest BCUT2D eigenvalue weighted by atomic mass is 16.7. The quantitative estimate of drug-likeness (QED) is 0.704. The molecule has 0 radical (unpaired) electrons. The molecule has 0 N–H and O–H groups in total. The molecule has 1 spiro atoms. The van der Waals surface area contributed by atoms with E-state index < -0.39 is 5.79 Å². The molecule has 4 rings (SSSR count). The van der Waals surface area contributed by atoms with E-state index in [2.05, 4.69) is 0 Å². The lowest BCUT2D eigenvalue weighted by molar-refractivity contribution is -0.202. The Morgan fingerprint density at radius 2 is 1.78 bits per heavy atom. The van der Waals surface area contributed by atoms with Crippen LogP contribution >= 0.6 is 0 Å². The summed E-state index contributed by atoms with van der Waals surface area (Å²) in [5.41, 5.74) is 0. The van der Waals surface area contributed by atoms with E-state index in [1.165, 1.54) is 0 Å². The van der Waals surface area contributed by atoms with Crippen molar-refractivity contribution in [1.82, 2.24) is 0 Å². The molecule has 0 saturated heterocycles. The van der Waals surface area contributed by atoms with Gasteiger partial charge in [-0.2, -0.15) is 0 Å². The first-order valence-corrected chi connectivity index (χ1v) is 6.79. The van der Waals surface area contributed by atoms with Crippen LogP contribution in [0.2, 0.25) is 0 Å². The Kier molecular flexibility index (Phi) is 2.02. The molecule has 0 aromatic heterocycles. The van der Waals surface area contributed by atoms with Gasteiger partial charge in [0.1, 0.15) is 5.78 Å². The highest BCUT2D eigenvalue weighted by Crippen LogP contribution is 2.54. The summed E-state index contributed by atoms with van der Waals surface area (Å²) in [7, 11) is 0. The standard InChI is InChI=1S/C15H16O3/c16-12-9-8-10-4-3-5-11(12)15(10)17-13-6-1-2-7-14(13)18-15/h1-2,6-7,10-11H,3-5,8-9H2. The van der Waals surface area contributed by atoms with Crippen molar-refractivity contribution in [3.63, 3.8) is 0 Å².